The number of sulfonamides is 1. The molecule has 1 rings (SSSR count). The third-order valence-corrected chi connectivity index (χ3v) is 3.69. The number of rotatable bonds is 6. The first-order valence-corrected chi connectivity index (χ1v) is 7.62. The Morgan fingerprint density at radius 3 is 2.14 bits per heavy atom. The molecule has 0 saturated heterocycles. The van der Waals surface area contributed by atoms with Gasteiger partial charge < -0.3 is 10.4 Å². The molecule has 1 aromatic rings. The Hall–Kier alpha value is -1.32. The zero-order valence-corrected chi connectivity index (χ0v) is 12.3. The lowest BCUT2D eigenvalue weighted by molar-refractivity contribution is -0.0429. The molecule has 0 aromatic heterocycles. The van der Waals surface area contributed by atoms with Gasteiger partial charge in [0.25, 0.3) is 0 Å². The van der Waals surface area contributed by atoms with Crippen LogP contribution in [0.4, 0.5) is 18.9 Å². The van der Waals surface area contributed by atoms with Crippen molar-refractivity contribution in [3.8, 4) is 0 Å². The van der Waals surface area contributed by atoms with Crippen LogP contribution >= 0.6 is 0 Å². The van der Waals surface area contributed by atoms with E-state index in [0.717, 1.165) is 12.1 Å². The summed E-state index contributed by atoms with van der Waals surface area (Å²) in [5.41, 5.74) is -5.12. The van der Waals surface area contributed by atoms with Crippen molar-refractivity contribution in [2.45, 2.75) is 31.5 Å². The van der Waals surface area contributed by atoms with E-state index in [9.17, 15) is 26.7 Å². The first-order valence-electron chi connectivity index (χ1n) is 6.13. The van der Waals surface area contributed by atoms with Crippen LogP contribution in [-0.2, 0) is 10.0 Å². The molecule has 1 aromatic carbocycles. The molecule has 120 valence electrons. The predicted molar refractivity (Wildman–Crippen MR) is 73.1 cm³/mol. The molecule has 0 saturated carbocycles. The Morgan fingerprint density at radius 1 is 1.19 bits per heavy atom. The number of alkyl halides is 3. The number of aliphatic hydroxyl groups is 1. The molecule has 0 radical (unpaired) electrons. The Kier molecular flexibility index (Phi) is 5.60. The molecule has 0 amide bonds. The van der Waals surface area contributed by atoms with Gasteiger partial charge >= 0.3 is 15.5 Å². The zero-order chi connectivity index (χ0) is 16.3. The van der Waals surface area contributed by atoms with E-state index in [0.29, 0.717) is 5.56 Å². The summed E-state index contributed by atoms with van der Waals surface area (Å²) in [7, 11) is -5.43. The average Bonchev–Trinajstić information content (AvgIpc) is 2.35. The van der Waals surface area contributed by atoms with Gasteiger partial charge in [-0.3, -0.25) is 4.72 Å². The first kappa shape index (κ1) is 17.7. The summed E-state index contributed by atoms with van der Waals surface area (Å²) in [4.78, 5) is 0. The van der Waals surface area contributed by atoms with Gasteiger partial charge in [-0.25, -0.2) is 0 Å². The maximum Gasteiger partial charge on any atom is 0.516 e. The van der Waals surface area contributed by atoms with Gasteiger partial charge in [-0.1, -0.05) is 26.0 Å². The second-order valence-corrected chi connectivity index (χ2v) is 6.43. The van der Waals surface area contributed by atoms with Gasteiger partial charge in [0.05, 0.1) is 6.10 Å². The van der Waals surface area contributed by atoms with Crippen LogP contribution in [0.2, 0.25) is 0 Å². The van der Waals surface area contributed by atoms with E-state index >= 15 is 0 Å². The number of benzene rings is 1. The van der Waals surface area contributed by atoms with Crippen LogP contribution in [0.1, 0.15) is 25.5 Å². The van der Waals surface area contributed by atoms with Gasteiger partial charge in [-0.05, 0) is 17.7 Å². The number of aliphatic hydroxyl groups excluding tert-OH is 1. The number of hydrogen-bond acceptors (Lipinski definition) is 4. The fourth-order valence-electron chi connectivity index (χ4n) is 1.45. The zero-order valence-electron chi connectivity index (χ0n) is 11.5. The Morgan fingerprint density at radius 2 is 1.71 bits per heavy atom. The molecule has 0 fully saturated rings. The predicted octanol–water partition coefficient (Wildman–Crippen LogP) is 1.98. The SMILES string of the molecule is CC(C)NCC(O)c1ccc(NS(=O)(=O)C(F)(F)F)cc1. The van der Waals surface area contributed by atoms with E-state index in [2.05, 4.69) is 5.32 Å². The molecule has 5 nitrogen and oxygen atoms in total. The summed E-state index contributed by atoms with van der Waals surface area (Å²) in [5, 5.41) is 12.8. The Bertz CT molecular complexity index is 556. The third kappa shape index (κ3) is 5.18. The minimum absolute atomic E-state index is 0.178. The summed E-state index contributed by atoms with van der Waals surface area (Å²) in [6.07, 6.45) is -0.833. The number of anilines is 1. The maximum absolute atomic E-state index is 12.2. The summed E-state index contributed by atoms with van der Waals surface area (Å²) < 4.78 is 59.9. The maximum atomic E-state index is 12.2. The highest BCUT2D eigenvalue weighted by Crippen LogP contribution is 2.26. The molecule has 0 aliphatic rings. The molecular formula is C12H17F3N2O3S. The minimum Gasteiger partial charge on any atom is -0.387 e. The highest BCUT2D eigenvalue weighted by molar-refractivity contribution is 7.93. The fourth-order valence-corrected chi connectivity index (χ4v) is 2.01. The number of hydrogen-bond donors (Lipinski definition) is 3. The quantitative estimate of drug-likeness (QED) is 0.747. The summed E-state index contributed by atoms with van der Waals surface area (Å²) in [6, 6.07) is 5.23. The standard InChI is InChI=1S/C12H17F3N2O3S/c1-8(2)16-7-11(18)9-3-5-10(6-4-9)17-21(19,20)12(13,14)15/h3-6,8,11,16-18H,7H2,1-2H3. The molecule has 1 unspecified atom stereocenters. The van der Waals surface area contributed by atoms with E-state index in [1.807, 2.05) is 13.8 Å². The van der Waals surface area contributed by atoms with Crippen molar-refractivity contribution in [1.82, 2.24) is 5.32 Å². The fraction of sp³-hybridized carbons (Fsp3) is 0.500. The molecule has 0 aliphatic carbocycles. The van der Waals surface area contributed by atoms with Crippen molar-refractivity contribution >= 4 is 15.7 Å². The molecule has 9 heteroatoms. The lowest BCUT2D eigenvalue weighted by Crippen LogP contribution is -2.30. The van der Waals surface area contributed by atoms with E-state index in [1.165, 1.54) is 16.9 Å². The highest BCUT2D eigenvalue weighted by atomic mass is 32.2. The van der Waals surface area contributed by atoms with Gasteiger partial charge in [-0.2, -0.15) is 21.6 Å². The van der Waals surface area contributed by atoms with Crippen molar-refractivity contribution < 1.29 is 26.7 Å². The van der Waals surface area contributed by atoms with Crippen molar-refractivity contribution in [2.75, 3.05) is 11.3 Å². The molecule has 1 atom stereocenters. The summed E-state index contributed by atoms with van der Waals surface area (Å²) >= 11 is 0. The number of halogens is 3. The average molecular weight is 326 g/mol. The van der Waals surface area contributed by atoms with Crippen molar-refractivity contribution in [3.63, 3.8) is 0 Å². The van der Waals surface area contributed by atoms with Gasteiger partial charge in [0.15, 0.2) is 0 Å². The molecule has 3 N–H and O–H groups in total. The molecule has 21 heavy (non-hydrogen) atoms. The largest absolute Gasteiger partial charge is 0.516 e. The van der Waals surface area contributed by atoms with Crippen molar-refractivity contribution in [1.29, 1.82) is 0 Å². The normalized spacial score (nSPS) is 14.2. The van der Waals surface area contributed by atoms with Gasteiger partial charge in [0, 0.05) is 18.3 Å². The van der Waals surface area contributed by atoms with Crippen molar-refractivity contribution in [2.24, 2.45) is 0 Å². The number of nitrogens with one attached hydrogen (secondary N) is 2. The summed E-state index contributed by atoms with van der Waals surface area (Å²) in [6.45, 7) is 4.09. The van der Waals surface area contributed by atoms with E-state index in [1.54, 1.807) is 0 Å². The molecule has 0 heterocycles. The lowest BCUT2D eigenvalue weighted by Gasteiger charge is -2.15. The van der Waals surface area contributed by atoms with Gasteiger partial charge in [0.2, 0.25) is 0 Å². The Balaban J connectivity index is 2.75. The van der Waals surface area contributed by atoms with Crippen LogP contribution in [0.15, 0.2) is 24.3 Å². The van der Waals surface area contributed by atoms with Crippen molar-refractivity contribution in [3.05, 3.63) is 29.8 Å². The molecule has 0 aliphatic heterocycles. The van der Waals surface area contributed by atoms with E-state index < -0.39 is 21.6 Å². The first-order chi connectivity index (χ1) is 9.53. The lowest BCUT2D eigenvalue weighted by atomic mass is 10.1. The van der Waals surface area contributed by atoms with E-state index in [4.69, 9.17) is 0 Å². The minimum atomic E-state index is -5.43. The monoisotopic (exact) mass is 326 g/mol. The Labute approximate surface area is 121 Å². The highest BCUT2D eigenvalue weighted by Gasteiger charge is 2.45. The smallest absolute Gasteiger partial charge is 0.387 e. The van der Waals surface area contributed by atoms with E-state index in [-0.39, 0.29) is 18.3 Å². The van der Waals surface area contributed by atoms with Crippen LogP contribution in [-0.4, -0.2) is 31.6 Å². The second kappa shape index (κ2) is 6.63. The third-order valence-electron chi connectivity index (χ3n) is 2.57. The second-order valence-electron chi connectivity index (χ2n) is 4.75. The van der Waals surface area contributed by atoms with Crippen LogP contribution in [0.3, 0.4) is 0 Å². The van der Waals surface area contributed by atoms with Gasteiger partial charge in [0.1, 0.15) is 0 Å². The topological polar surface area (TPSA) is 78.4 Å². The van der Waals surface area contributed by atoms with Crippen LogP contribution < -0.4 is 10.0 Å². The van der Waals surface area contributed by atoms with Crippen LogP contribution in [0, 0.1) is 0 Å². The van der Waals surface area contributed by atoms with Gasteiger partial charge in [-0.15, -0.1) is 0 Å². The van der Waals surface area contributed by atoms with Crippen LogP contribution in [0.25, 0.3) is 0 Å². The summed E-state index contributed by atoms with van der Waals surface area (Å²) in [5.74, 6) is 0. The molecular weight excluding hydrogens is 309 g/mol. The molecule has 0 spiro atoms. The molecule has 0 bridgehead atoms. The van der Waals surface area contributed by atoms with Crippen LogP contribution in [0.5, 0.6) is 0 Å².